The summed E-state index contributed by atoms with van der Waals surface area (Å²) >= 11 is 0. The highest BCUT2D eigenvalue weighted by atomic mass is 15.3. The molecule has 3 rings (SSSR count). The molecule has 2 atom stereocenters. The van der Waals surface area contributed by atoms with Crippen LogP contribution in [-0.4, -0.2) is 29.6 Å². The Kier molecular flexibility index (Phi) is 2.76. The van der Waals surface area contributed by atoms with E-state index in [4.69, 9.17) is 0 Å². The van der Waals surface area contributed by atoms with Gasteiger partial charge in [0.25, 0.3) is 0 Å². The molecule has 2 aliphatic rings. The van der Waals surface area contributed by atoms with Gasteiger partial charge in [-0.1, -0.05) is 30.3 Å². The summed E-state index contributed by atoms with van der Waals surface area (Å²) in [6, 6.07) is 11.5. The molecule has 1 aromatic rings. The van der Waals surface area contributed by atoms with Crippen LogP contribution < -0.4 is 5.32 Å². The van der Waals surface area contributed by atoms with E-state index in [-0.39, 0.29) is 5.54 Å². The van der Waals surface area contributed by atoms with E-state index in [1.807, 2.05) is 0 Å². The van der Waals surface area contributed by atoms with Crippen molar-refractivity contribution in [1.82, 2.24) is 10.2 Å². The highest BCUT2D eigenvalue weighted by molar-refractivity contribution is 5.26. The van der Waals surface area contributed by atoms with Crippen molar-refractivity contribution in [3.8, 4) is 0 Å². The van der Waals surface area contributed by atoms with Gasteiger partial charge in [-0.3, -0.25) is 4.90 Å². The lowest BCUT2D eigenvalue weighted by Crippen LogP contribution is -2.63. The van der Waals surface area contributed by atoms with Gasteiger partial charge in [0, 0.05) is 24.7 Å². The Morgan fingerprint density at radius 3 is 2.44 bits per heavy atom. The molecule has 0 spiro atoms. The molecule has 1 saturated heterocycles. The molecule has 2 unspecified atom stereocenters. The monoisotopic (exact) mass is 244 g/mol. The highest BCUT2D eigenvalue weighted by Gasteiger charge is 2.49. The number of piperazine rings is 1. The van der Waals surface area contributed by atoms with Gasteiger partial charge < -0.3 is 5.32 Å². The quantitative estimate of drug-likeness (QED) is 0.860. The average Bonchev–Trinajstić information content (AvgIpc) is 3.13. The summed E-state index contributed by atoms with van der Waals surface area (Å²) in [7, 11) is 0. The molecule has 98 valence electrons. The van der Waals surface area contributed by atoms with Gasteiger partial charge in [0.1, 0.15) is 0 Å². The van der Waals surface area contributed by atoms with E-state index in [1.54, 1.807) is 0 Å². The first kappa shape index (κ1) is 12.2. The molecule has 1 saturated carbocycles. The van der Waals surface area contributed by atoms with Crippen molar-refractivity contribution in [3.63, 3.8) is 0 Å². The van der Waals surface area contributed by atoms with E-state index >= 15 is 0 Å². The number of nitrogens with one attached hydrogen (secondary N) is 1. The van der Waals surface area contributed by atoms with Gasteiger partial charge >= 0.3 is 0 Å². The fourth-order valence-corrected chi connectivity index (χ4v) is 3.23. The first-order valence-electron chi connectivity index (χ1n) is 7.11. The minimum atomic E-state index is 0.0966. The standard InChI is InChI=1S/C16H24N2/c1-13-11-17-16(3,14-7-5-4-6-8-14)12-18(13)15(2)9-10-15/h4-8,13,17H,9-12H2,1-3H3. The van der Waals surface area contributed by atoms with Gasteiger partial charge in [-0.25, -0.2) is 0 Å². The SMILES string of the molecule is CC1CNC(C)(c2ccccc2)CN1C1(C)CC1. The molecule has 1 aromatic carbocycles. The Labute approximate surface area is 110 Å². The minimum Gasteiger partial charge on any atom is -0.305 e. The van der Waals surface area contributed by atoms with Crippen molar-refractivity contribution < 1.29 is 0 Å². The van der Waals surface area contributed by atoms with Crippen LogP contribution in [0.25, 0.3) is 0 Å². The Morgan fingerprint density at radius 1 is 1.17 bits per heavy atom. The van der Waals surface area contributed by atoms with Crippen LogP contribution in [0.5, 0.6) is 0 Å². The summed E-state index contributed by atoms with van der Waals surface area (Å²) in [4.78, 5) is 2.72. The molecular formula is C16H24N2. The average molecular weight is 244 g/mol. The fourth-order valence-electron chi connectivity index (χ4n) is 3.23. The van der Waals surface area contributed by atoms with Crippen molar-refractivity contribution in [2.45, 2.75) is 50.7 Å². The zero-order chi connectivity index (χ0) is 12.8. The van der Waals surface area contributed by atoms with E-state index in [0.29, 0.717) is 11.6 Å². The van der Waals surface area contributed by atoms with Crippen molar-refractivity contribution in [2.75, 3.05) is 13.1 Å². The maximum absolute atomic E-state index is 3.75. The van der Waals surface area contributed by atoms with Gasteiger partial charge in [0.05, 0.1) is 5.54 Å². The molecule has 0 aromatic heterocycles. The molecule has 0 amide bonds. The third-order valence-electron chi connectivity index (χ3n) is 4.88. The third-order valence-corrected chi connectivity index (χ3v) is 4.88. The molecule has 2 nitrogen and oxygen atoms in total. The van der Waals surface area contributed by atoms with Gasteiger partial charge in [-0.05, 0) is 39.2 Å². The van der Waals surface area contributed by atoms with Gasteiger partial charge in [-0.15, -0.1) is 0 Å². The lowest BCUT2D eigenvalue weighted by molar-refractivity contribution is 0.0495. The van der Waals surface area contributed by atoms with Crippen molar-refractivity contribution >= 4 is 0 Å². The summed E-state index contributed by atoms with van der Waals surface area (Å²) in [6.45, 7) is 9.31. The normalized spacial score (nSPS) is 35.4. The van der Waals surface area contributed by atoms with Crippen LogP contribution in [0.15, 0.2) is 30.3 Å². The second-order valence-corrected chi connectivity index (χ2v) is 6.55. The lowest BCUT2D eigenvalue weighted by Gasteiger charge is -2.48. The predicted octanol–water partition coefficient (Wildman–Crippen LogP) is 2.75. The van der Waals surface area contributed by atoms with Crippen molar-refractivity contribution in [2.24, 2.45) is 0 Å². The Morgan fingerprint density at radius 2 is 1.83 bits per heavy atom. The predicted molar refractivity (Wildman–Crippen MR) is 75.6 cm³/mol. The first-order valence-corrected chi connectivity index (χ1v) is 7.11. The van der Waals surface area contributed by atoms with E-state index in [2.05, 4.69) is 61.3 Å². The molecule has 18 heavy (non-hydrogen) atoms. The molecular weight excluding hydrogens is 220 g/mol. The largest absolute Gasteiger partial charge is 0.305 e. The van der Waals surface area contributed by atoms with Gasteiger partial charge in [0.15, 0.2) is 0 Å². The van der Waals surface area contributed by atoms with Crippen LogP contribution in [-0.2, 0) is 5.54 Å². The van der Waals surface area contributed by atoms with Crippen LogP contribution in [0.1, 0.15) is 39.2 Å². The number of rotatable bonds is 2. The summed E-state index contributed by atoms with van der Waals surface area (Å²) in [6.07, 6.45) is 2.73. The Hall–Kier alpha value is -0.860. The van der Waals surface area contributed by atoms with Gasteiger partial charge in [-0.2, -0.15) is 0 Å². The van der Waals surface area contributed by atoms with E-state index in [1.165, 1.54) is 18.4 Å². The maximum atomic E-state index is 3.75. The number of hydrogen-bond donors (Lipinski definition) is 1. The van der Waals surface area contributed by atoms with Crippen LogP contribution in [0.2, 0.25) is 0 Å². The highest BCUT2D eigenvalue weighted by Crippen LogP contribution is 2.44. The smallest absolute Gasteiger partial charge is 0.0535 e. The number of nitrogens with zero attached hydrogens (tertiary/aromatic N) is 1. The second-order valence-electron chi connectivity index (χ2n) is 6.55. The molecule has 1 N–H and O–H groups in total. The van der Waals surface area contributed by atoms with Gasteiger partial charge in [0.2, 0.25) is 0 Å². The van der Waals surface area contributed by atoms with E-state index in [9.17, 15) is 0 Å². The molecule has 2 heteroatoms. The number of benzene rings is 1. The minimum absolute atomic E-state index is 0.0966. The second kappa shape index (κ2) is 4.07. The molecule has 2 fully saturated rings. The fraction of sp³-hybridized carbons (Fsp3) is 0.625. The summed E-state index contributed by atoms with van der Waals surface area (Å²) < 4.78 is 0. The molecule has 0 radical (unpaired) electrons. The molecule has 0 bridgehead atoms. The third kappa shape index (κ3) is 1.98. The molecule has 1 aliphatic carbocycles. The summed E-state index contributed by atoms with van der Waals surface area (Å²) in [5, 5.41) is 3.75. The summed E-state index contributed by atoms with van der Waals surface area (Å²) in [5.41, 5.74) is 1.97. The van der Waals surface area contributed by atoms with Crippen LogP contribution in [0.3, 0.4) is 0 Å². The van der Waals surface area contributed by atoms with Crippen LogP contribution >= 0.6 is 0 Å². The zero-order valence-electron chi connectivity index (χ0n) is 11.7. The molecule has 1 aliphatic heterocycles. The maximum Gasteiger partial charge on any atom is 0.0535 e. The Balaban J connectivity index is 1.86. The van der Waals surface area contributed by atoms with Crippen molar-refractivity contribution in [3.05, 3.63) is 35.9 Å². The topological polar surface area (TPSA) is 15.3 Å². The number of hydrogen-bond acceptors (Lipinski definition) is 2. The van der Waals surface area contributed by atoms with Crippen LogP contribution in [0, 0.1) is 0 Å². The van der Waals surface area contributed by atoms with E-state index in [0.717, 1.165) is 13.1 Å². The van der Waals surface area contributed by atoms with Crippen molar-refractivity contribution in [1.29, 1.82) is 0 Å². The zero-order valence-corrected chi connectivity index (χ0v) is 11.7. The van der Waals surface area contributed by atoms with E-state index < -0.39 is 0 Å². The lowest BCUT2D eigenvalue weighted by atomic mass is 9.87. The van der Waals surface area contributed by atoms with Crippen LogP contribution in [0.4, 0.5) is 0 Å². The molecule has 1 heterocycles. The Bertz CT molecular complexity index is 424. The summed E-state index contributed by atoms with van der Waals surface area (Å²) in [5.74, 6) is 0. The first-order chi connectivity index (χ1) is 8.54.